The van der Waals surface area contributed by atoms with Gasteiger partial charge in [0.25, 0.3) is 5.91 Å². The van der Waals surface area contributed by atoms with E-state index in [1.54, 1.807) is 0 Å². The van der Waals surface area contributed by atoms with E-state index in [4.69, 9.17) is 5.11 Å². The fraction of sp³-hybridized carbons (Fsp3) is 0.400. The van der Waals surface area contributed by atoms with Crippen LogP contribution >= 0.6 is 0 Å². The van der Waals surface area contributed by atoms with Crippen molar-refractivity contribution in [2.75, 3.05) is 13.1 Å². The van der Waals surface area contributed by atoms with E-state index in [0.717, 1.165) is 0 Å². The minimum atomic E-state index is -4.49. The summed E-state index contributed by atoms with van der Waals surface area (Å²) in [5.41, 5.74) is 0.123. The van der Waals surface area contributed by atoms with Gasteiger partial charge in [0.2, 0.25) is 5.91 Å². The SMILES string of the molecule is O=C(O)c1ccc(C(=O)NC2CCCN(CC(F)(F)F)C2=O)cc1. The van der Waals surface area contributed by atoms with Gasteiger partial charge in [0.05, 0.1) is 5.56 Å². The molecular weight excluding hydrogens is 329 g/mol. The van der Waals surface area contributed by atoms with Crippen LogP contribution in [-0.4, -0.2) is 53.1 Å². The van der Waals surface area contributed by atoms with Crippen LogP contribution in [0.4, 0.5) is 13.2 Å². The number of nitrogens with one attached hydrogen (secondary N) is 1. The third-order valence-corrected chi connectivity index (χ3v) is 3.60. The number of rotatable bonds is 4. The smallest absolute Gasteiger partial charge is 0.406 e. The normalized spacial score (nSPS) is 18.4. The molecule has 9 heteroatoms. The Morgan fingerprint density at radius 2 is 1.79 bits per heavy atom. The minimum Gasteiger partial charge on any atom is -0.478 e. The summed E-state index contributed by atoms with van der Waals surface area (Å²) in [6.07, 6.45) is -3.88. The number of likely N-dealkylation sites (tertiary alicyclic amines) is 1. The zero-order chi connectivity index (χ0) is 17.9. The number of carbonyl (C=O) groups is 3. The standard InChI is InChI=1S/C15H15F3N2O4/c16-15(17,18)8-20-7-1-2-11(13(20)22)19-12(21)9-3-5-10(6-4-9)14(23)24/h3-6,11H,1-2,7-8H2,(H,19,21)(H,23,24). The van der Waals surface area contributed by atoms with Crippen molar-refractivity contribution in [3.8, 4) is 0 Å². The van der Waals surface area contributed by atoms with Crippen LogP contribution in [0.3, 0.4) is 0 Å². The monoisotopic (exact) mass is 344 g/mol. The van der Waals surface area contributed by atoms with Crippen molar-refractivity contribution >= 4 is 17.8 Å². The van der Waals surface area contributed by atoms with Crippen molar-refractivity contribution in [3.63, 3.8) is 0 Å². The van der Waals surface area contributed by atoms with Crippen molar-refractivity contribution in [3.05, 3.63) is 35.4 Å². The predicted octanol–water partition coefficient (Wildman–Crippen LogP) is 1.67. The number of alkyl halides is 3. The molecule has 24 heavy (non-hydrogen) atoms. The van der Waals surface area contributed by atoms with E-state index in [0.29, 0.717) is 11.3 Å². The highest BCUT2D eigenvalue weighted by Crippen LogP contribution is 2.21. The molecule has 1 aromatic rings. The van der Waals surface area contributed by atoms with Crippen LogP contribution in [0.2, 0.25) is 0 Å². The van der Waals surface area contributed by atoms with Crippen molar-refractivity contribution in [1.82, 2.24) is 10.2 Å². The molecule has 6 nitrogen and oxygen atoms in total. The van der Waals surface area contributed by atoms with Crippen LogP contribution in [0.15, 0.2) is 24.3 Å². The van der Waals surface area contributed by atoms with E-state index >= 15 is 0 Å². The number of carboxylic acids is 1. The number of aromatic carboxylic acids is 1. The largest absolute Gasteiger partial charge is 0.478 e. The highest BCUT2D eigenvalue weighted by Gasteiger charge is 2.37. The second-order valence-electron chi connectivity index (χ2n) is 5.43. The summed E-state index contributed by atoms with van der Waals surface area (Å²) in [5.74, 6) is -2.56. The Labute approximate surface area is 135 Å². The summed E-state index contributed by atoms with van der Waals surface area (Å²) in [5, 5.41) is 11.2. The van der Waals surface area contributed by atoms with Gasteiger partial charge in [-0.2, -0.15) is 13.2 Å². The minimum absolute atomic E-state index is 0.00196. The average molecular weight is 344 g/mol. The molecule has 2 rings (SSSR count). The van der Waals surface area contributed by atoms with E-state index in [1.807, 2.05) is 0 Å². The maximum absolute atomic E-state index is 12.4. The molecule has 0 spiro atoms. The van der Waals surface area contributed by atoms with Gasteiger partial charge in [0.1, 0.15) is 12.6 Å². The first kappa shape index (κ1) is 17.8. The predicted molar refractivity (Wildman–Crippen MR) is 76.5 cm³/mol. The zero-order valence-electron chi connectivity index (χ0n) is 12.5. The van der Waals surface area contributed by atoms with E-state index in [2.05, 4.69) is 5.32 Å². The molecule has 130 valence electrons. The Hall–Kier alpha value is -2.58. The number of halogens is 3. The fourth-order valence-electron chi connectivity index (χ4n) is 2.45. The summed E-state index contributed by atoms with van der Waals surface area (Å²) >= 11 is 0. The van der Waals surface area contributed by atoms with Gasteiger partial charge in [0, 0.05) is 12.1 Å². The topological polar surface area (TPSA) is 86.7 Å². The molecular formula is C15H15F3N2O4. The van der Waals surface area contributed by atoms with Crippen LogP contribution in [0.1, 0.15) is 33.6 Å². The molecule has 2 N–H and O–H groups in total. The summed E-state index contributed by atoms with van der Waals surface area (Å²) in [7, 11) is 0. The first-order valence-electron chi connectivity index (χ1n) is 7.17. The molecule has 0 radical (unpaired) electrons. The molecule has 1 unspecified atom stereocenters. The molecule has 2 amide bonds. The van der Waals surface area contributed by atoms with Gasteiger partial charge in [-0.15, -0.1) is 0 Å². The van der Waals surface area contributed by atoms with Crippen LogP contribution < -0.4 is 5.32 Å². The van der Waals surface area contributed by atoms with E-state index in [-0.39, 0.29) is 24.1 Å². The third kappa shape index (κ3) is 4.46. The molecule has 0 aromatic heterocycles. The summed E-state index contributed by atoms with van der Waals surface area (Å²) < 4.78 is 37.3. The Morgan fingerprint density at radius 3 is 2.33 bits per heavy atom. The van der Waals surface area contributed by atoms with Crippen molar-refractivity contribution in [2.45, 2.75) is 25.1 Å². The van der Waals surface area contributed by atoms with Gasteiger partial charge in [0.15, 0.2) is 0 Å². The number of nitrogens with zero attached hydrogens (tertiary/aromatic N) is 1. The fourth-order valence-corrected chi connectivity index (χ4v) is 2.45. The number of carbonyl (C=O) groups excluding carboxylic acids is 2. The Kier molecular flexibility index (Phi) is 5.10. The van der Waals surface area contributed by atoms with Crippen LogP contribution in [-0.2, 0) is 4.79 Å². The molecule has 0 saturated carbocycles. The van der Waals surface area contributed by atoms with E-state index in [9.17, 15) is 27.6 Å². The molecule has 1 saturated heterocycles. The Bertz CT molecular complexity index is 643. The maximum Gasteiger partial charge on any atom is 0.406 e. The highest BCUT2D eigenvalue weighted by atomic mass is 19.4. The lowest BCUT2D eigenvalue weighted by molar-refractivity contribution is -0.164. The average Bonchev–Trinajstić information content (AvgIpc) is 2.50. The van der Waals surface area contributed by atoms with Gasteiger partial charge < -0.3 is 15.3 Å². The lowest BCUT2D eigenvalue weighted by Crippen LogP contribution is -2.54. The molecule has 1 aromatic carbocycles. The van der Waals surface area contributed by atoms with Gasteiger partial charge >= 0.3 is 12.1 Å². The number of hydrogen-bond donors (Lipinski definition) is 2. The van der Waals surface area contributed by atoms with Crippen LogP contribution in [0, 0.1) is 0 Å². The lowest BCUT2D eigenvalue weighted by Gasteiger charge is -2.33. The molecule has 1 atom stereocenters. The molecule has 1 heterocycles. The quantitative estimate of drug-likeness (QED) is 0.870. The van der Waals surface area contributed by atoms with Gasteiger partial charge in [-0.05, 0) is 37.1 Å². The summed E-state index contributed by atoms with van der Waals surface area (Å²) in [6.45, 7) is -1.34. The van der Waals surface area contributed by atoms with Crippen LogP contribution in [0.25, 0.3) is 0 Å². The van der Waals surface area contributed by atoms with Crippen molar-refractivity contribution < 1.29 is 32.7 Å². The summed E-state index contributed by atoms with van der Waals surface area (Å²) in [6, 6.07) is 4.00. The molecule has 0 aliphatic carbocycles. The second kappa shape index (κ2) is 6.90. The molecule has 1 fully saturated rings. The maximum atomic E-state index is 12.4. The van der Waals surface area contributed by atoms with Crippen molar-refractivity contribution in [1.29, 1.82) is 0 Å². The summed E-state index contributed by atoms with van der Waals surface area (Å²) in [4.78, 5) is 35.6. The van der Waals surface area contributed by atoms with Gasteiger partial charge in [-0.1, -0.05) is 0 Å². The first-order chi connectivity index (χ1) is 11.2. The number of hydrogen-bond acceptors (Lipinski definition) is 3. The molecule has 0 bridgehead atoms. The van der Waals surface area contributed by atoms with Crippen LogP contribution in [0.5, 0.6) is 0 Å². The first-order valence-corrected chi connectivity index (χ1v) is 7.17. The highest BCUT2D eigenvalue weighted by molar-refractivity contribution is 5.98. The van der Waals surface area contributed by atoms with Gasteiger partial charge in [-0.25, -0.2) is 4.79 Å². The number of amides is 2. The molecule has 1 aliphatic heterocycles. The third-order valence-electron chi connectivity index (χ3n) is 3.60. The molecule has 1 aliphatic rings. The van der Waals surface area contributed by atoms with E-state index < -0.39 is 36.5 Å². The Morgan fingerprint density at radius 1 is 1.21 bits per heavy atom. The zero-order valence-corrected chi connectivity index (χ0v) is 12.5. The lowest BCUT2D eigenvalue weighted by atomic mass is 10.0. The number of carboxylic acid groups (broad SMARTS) is 1. The number of piperidine rings is 1. The number of benzene rings is 1. The van der Waals surface area contributed by atoms with E-state index in [1.165, 1.54) is 24.3 Å². The second-order valence-corrected chi connectivity index (χ2v) is 5.43. The Balaban J connectivity index is 2.02. The van der Waals surface area contributed by atoms with Crippen molar-refractivity contribution in [2.24, 2.45) is 0 Å². The van der Waals surface area contributed by atoms with Gasteiger partial charge in [-0.3, -0.25) is 9.59 Å².